The number of hydrogen-bond donors (Lipinski definition) is 3. The molecule has 0 aliphatic carbocycles. The van der Waals surface area contributed by atoms with Crippen LogP contribution in [0.5, 0.6) is 34.5 Å². The molecular weight excluding hydrogens is 426 g/mol. The molecule has 4 aromatic carbocycles. The Labute approximate surface area is 190 Å². The van der Waals surface area contributed by atoms with Crippen molar-refractivity contribution in [3.63, 3.8) is 0 Å². The van der Waals surface area contributed by atoms with Gasteiger partial charge in [-0.15, -0.1) is 0 Å². The van der Waals surface area contributed by atoms with Crippen molar-refractivity contribution in [3.8, 4) is 34.5 Å². The van der Waals surface area contributed by atoms with Gasteiger partial charge in [-0.05, 0) is 0 Å². The summed E-state index contributed by atoms with van der Waals surface area (Å²) in [7, 11) is 9.29. The van der Waals surface area contributed by atoms with Crippen LogP contribution in [-0.4, -0.2) is 42.7 Å². The second-order valence-electron chi connectivity index (χ2n) is 7.35. The van der Waals surface area contributed by atoms with Gasteiger partial charge in [-0.25, -0.2) is 0 Å². The lowest BCUT2D eigenvalue weighted by Crippen LogP contribution is -2.03. The second-order valence-corrected chi connectivity index (χ2v) is 7.35. The Balaban J connectivity index is 2.56. The van der Waals surface area contributed by atoms with E-state index in [-0.39, 0.29) is 0 Å². The maximum absolute atomic E-state index is 6.59. The fourth-order valence-electron chi connectivity index (χ4n) is 4.57. The Morgan fingerprint density at radius 1 is 0.394 bits per heavy atom. The summed E-state index contributed by atoms with van der Waals surface area (Å²) in [5, 5.41) is 3.79. The maximum atomic E-state index is 6.59. The van der Waals surface area contributed by atoms with E-state index in [2.05, 4.69) is 0 Å². The third kappa shape index (κ3) is 2.92. The fraction of sp³-hybridized carbons (Fsp3) is 0.250. The molecule has 0 amide bonds. The zero-order valence-corrected chi connectivity index (χ0v) is 19.4. The number of methoxy groups -OCH3 is 6. The van der Waals surface area contributed by atoms with Gasteiger partial charge in [0.15, 0.2) is 34.5 Å². The molecule has 0 radical (unpaired) electrons. The highest BCUT2D eigenvalue weighted by Gasteiger charge is 2.28. The van der Waals surface area contributed by atoms with Crippen LogP contribution < -0.4 is 45.6 Å². The lowest BCUT2D eigenvalue weighted by atomic mass is 9.89. The molecule has 9 nitrogen and oxygen atoms in total. The molecule has 9 heteroatoms. The largest absolute Gasteiger partial charge is 0.493 e. The summed E-state index contributed by atoms with van der Waals surface area (Å²) < 4.78 is 34.1. The number of fused-ring (bicyclic) bond motifs is 6. The molecule has 6 N–H and O–H groups in total. The summed E-state index contributed by atoms with van der Waals surface area (Å²) in [5.74, 6) is 2.72. The molecule has 0 aliphatic rings. The van der Waals surface area contributed by atoms with E-state index in [0.717, 1.165) is 0 Å². The van der Waals surface area contributed by atoms with Gasteiger partial charge in [0.25, 0.3) is 0 Å². The maximum Gasteiger partial charge on any atom is 0.169 e. The van der Waals surface area contributed by atoms with Gasteiger partial charge in [0, 0.05) is 67.6 Å². The third-order valence-corrected chi connectivity index (χ3v) is 5.85. The molecule has 0 unspecified atom stereocenters. The second kappa shape index (κ2) is 8.09. The van der Waals surface area contributed by atoms with Gasteiger partial charge < -0.3 is 45.6 Å². The minimum atomic E-state index is 0.426. The number of nitrogen functional groups attached to an aromatic ring is 3. The van der Waals surface area contributed by atoms with Gasteiger partial charge in [-0.3, -0.25) is 0 Å². The number of hydrogen-bond acceptors (Lipinski definition) is 9. The molecule has 4 rings (SSSR count). The molecule has 174 valence electrons. The van der Waals surface area contributed by atoms with E-state index in [4.69, 9.17) is 45.6 Å². The highest BCUT2D eigenvalue weighted by atomic mass is 16.5. The van der Waals surface area contributed by atoms with Crippen LogP contribution in [0.25, 0.3) is 32.3 Å². The Morgan fingerprint density at radius 2 is 0.636 bits per heavy atom. The zero-order valence-electron chi connectivity index (χ0n) is 19.4. The van der Waals surface area contributed by atoms with Crippen LogP contribution in [0.2, 0.25) is 0 Å². The first-order valence-electron chi connectivity index (χ1n) is 10.0. The van der Waals surface area contributed by atoms with Gasteiger partial charge in [-0.1, -0.05) is 0 Å². The van der Waals surface area contributed by atoms with Gasteiger partial charge in [-0.2, -0.15) is 0 Å². The average Bonchev–Trinajstić information content (AvgIpc) is 2.82. The molecular formula is C24H27N3O6. The first kappa shape index (κ1) is 22.1. The van der Waals surface area contributed by atoms with E-state index in [9.17, 15) is 0 Å². The molecule has 0 aromatic heterocycles. The van der Waals surface area contributed by atoms with Crippen molar-refractivity contribution < 1.29 is 28.4 Å². The molecule has 0 spiro atoms. The molecule has 0 bridgehead atoms. The van der Waals surface area contributed by atoms with Crippen LogP contribution in [0.1, 0.15) is 0 Å². The van der Waals surface area contributed by atoms with E-state index in [0.29, 0.717) is 83.9 Å². The van der Waals surface area contributed by atoms with Crippen molar-refractivity contribution >= 4 is 49.4 Å². The topological polar surface area (TPSA) is 133 Å². The molecule has 4 aromatic rings. The number of anilines is 3. The average molecular weight is 453 g/mol. The van der Waals surface area contributed by atoms with Crippen molar-refractivity contribution in [1.82, 2.24) is 0 Å². The van der Waals surface area contributed by atoms with Gasteiger partial charge in [0.05, 0.1) is 42.7 Å². The Kier molecular flexibility index (Phi) is 5.41. The summed E-state index contributed by atoms with van der Waals surface area (Å²) in [6.07, 6.45) is 0. The molecule has 0 aliphatic heterocycles. The molecule has 0 atom stereocenters. The summed E-state index contributed by atoms with van der Waals surface area (Å²) in [5.41, 5.74) is 21.0. The SMILES string of the molecule is COc1cc(N)c2c(c1OC)c1c(N)cc(OC)c(OC)c1c1c(N)cc(OC)c(OC)c21. The molecule has 0 fully saturated rings. The van der Waals surface area contributed by atoms with E-state index in [1.165, 1.54) is 0 Å². The van der Waals surface area contributed by atoms with E-state index in [1.807, 2.05) is 0 Å². The zero-order chi connectivity index (χ0) is 24.0. The van der Waals surface area contributed by atoms with E-state index >= 15 is 0 Å². The van der Waals surface area contributed by atoms with Crippen LogP contribution in [0, 0.1) is 0 Å². The first-order chi connectivity index (χ1) is 15.9. The molecule has 0 heterocycles. The fourth-order valence-corrected chi connectivity index (χ4v) is 4.57. The van der Waals surface area contributed by atoms with Crippen molar-refractivity contribution in [1.29, 1.82) is 0 Å². The van der Waals surface area contributed by atoms with Crippen LogP contribution in [0.15, 0.2) is 18.2 Å². The Hall–Kier alpha value is -4.14. The smallest absolute Gasteiger partial charge is 0.169 e. The lowest BCUT2D eigenvalue weighted by Gasteiger charge is -2.23. The van der Waals surface area contributed by atoms with Crippen molar-refractivity contribution in [3.05, 3.63) is 18.2 Å². The van der Waals surface area contributed by atoms with Gasteiger partial charge >= 0.3 is 0 Å². The lowest BCUT2D eigenvalue weighted by molar-refractivity contribution is 0.357. The Morgan fingerprint density at radius 3 is 0.818 bits per heavy atom. The van der Waals surface area contributed by atoms with Crippen molar-refractivity contribution in [2.75, 3.05) is 59.9 Å². The minimum Gasteiger partial charge on any atom is -0.493 e. The van der Waals surface area contributed by atoms with E-state index in [1.54, 1.807) is 60.9 Å². The van der Waals surface area contributed by atoms with E-state index < -0.39 is 0 Å². The number of nitrogens with two attached hydrogens (primary N) is 3. The molecule has 0 saturated heterocycles. The standard InChI is InChI=1S/C24H27N3O6/c1-28-13-7-10(25)16-19(22(13)31-4)17-11(26)8-14(29-2)24(33-6)21(17)18-12(27)9-15(30-3)23(32-5)20(16)18/h7-9H,25-27H2,1-6H3. The van der Waals surface area contributed by atoms with Crippen LogP contribution in [0.3, 0.4) is 0 Å². The van der Waals surface area contributed by atoms with Crippen LogP contribution >= 0.6 is 0 Å². The van der Waals surface area contributed by atoms with Crippen molar-refractivity contribution in [2.45, 2.75) is 0 Å². The van der Waals surface area contributed by atoms with Crippen LogP contribution in [0.4, 0.5) is 17.1 Å². The van der Waals surface area contributed by atoms with Crippen LogP contribution in [-0.2, 0) is 0 Å². The minimum absolute atomic E-state index is 0.426. The number of rotatable bonds is 6. The van der Waals surface area contributed by atoms with Gasteiger partial charge in [0.2, 0.25) is 0 Å². The summed E-state index contributed by atoms with van der Waals surface area (Å²) in [6, 6.07) is 5.08. The molecule has 33 heavy (non-hydrogen) atoms. The first-order valence-corrected chi connectivity index (χ1v) is 10.0. The highest BCUT2D eigenvalue weighted by Crippen LogP contribution is 2.56. The quantitative estimate of drug-likeness (QED) is 0.293. The predicted molar refractivity (Wildman–Crippen MR) is 132 cm³/mol. The Bertz CT molecular complexity index is 1220. The highest BCUT2D eigenvalue weighted by molar-refractivity contribution is 6.37. The monoisotopic (exact) mass is 453 g/mol. The summed E-state index contributed by atoms with van der Waals surface area (Å²) >= 11 is 0. The van der Waals surface area contributed by atoms with Gasteiger partial charge in [0.1, 0.15) is 0 Å². The summed E-state index contributed by atoms with van der Waals surface area (Å²) in [6.45, 7) is 0. The normalized spacial score (nSPS) is 11.1. The number of ether oxygens (including phenoxy) is 6. The molecule has 0 saturated carbocycles. The number of benzene rings is 4. The van der Waals surface area contributed by atoms with Crippen molar-refractivity contribution in [2.24, 2.45) is 0 Å². The summed E-state index contributed by atoms with van der Waals surface area (Å²) in [4.78, 5) is 0. The predicted octanol–water partition coefficient (Wildman–Crippen LogP) is 3.94. The third-order valence-electron chi connectivity index (χ3n) is 5.85.